The number of amides is 1. The summed E-state index contributed by atoms with van der Waals surface area (Å²) in [6, 6.07) is 7.07. The lowest BCUT2D eigenvalue weighted by atomic mass is 9.77. The molecule has 0 aromatic heterocycles. The van der Waals surface area contributed by atoms with Gasteiger partial charge >= 0.3 is 0 Å². The molecule has 96 valence electrons. The topological polar surface area (TPSA) is 29.1 Å². The number of carbonyl (C=O) groups excluding carboxylic acids is 1. The second kappa shape index (κ2) is 4.38. The van der Waals surface area contributed by atoms with Crippen molar-refractivity contribution in [3.8, 4) is 0 Å². The monoisotopic (exact) mass is 247 g/mol. The van der Waals surface area contributed by atoms with Gasteiger partial charge in [-0.2, -0.15) is 0 Å². The molecule has 2 aliphatic rings. The summed E-state index contributed by atoms with van der Waals surface area (Å²) in [4.78, 5) is 12.5. The molecule has 1 N–H and O–H groups in total. The molecule has 0 radical (unpaired) electrons. The molecule has 2 saturated carbocycles. The van der Waals surface area contributed by atoms with E-state index in [1.807, 2.05) is 6.07 Å². The second-order valence-electron chi connectivity index (χ2n) is 5.52. The molecule has 0 bridgehead atoms. The molecule has 0 atom stereocenters. The van der Waals surface area contributed by atoms with Crippen molar-refractivity contribution in [1.29, 1.82) is 0 Å². The van der Waals surface area contributed by atoms with Crippen LogP contribution in [0.25, 0.3) is 0 Å². The molecule has 0 spiro atoms. The predicted molar refractivity (Wildman–Crippen MR) is 67.7 cm³/mol. The highest BCUT2D eigenvalue weighted by molar-refractivity contribution is 5.89. The Bertz CT molecular complexity index is 461. The van der Waals surface area contributed by atoms with E-state index in [1.165, 1.54) is 6.07 Å². The first-order valence-corrected chi connectivity index (χ1v) is 6.78. The van der Waals surface area contributed by atoms with Crippen molar-refractivity contribution in [2.45, 2.75) is 50.0 Å². The van der Waals surface area contributed by atoms with Crippen molar-refractivity contribution in [3.05, 3.63) is 35.6 Å². The van der Waals surface area contributed by atoms with Gasteiger partial charge < -0.3 is 5.32 Å². The molecule has 1 amide bonds. The van der Waals surface area contributed by atoms with E-state index in [-0.39, 0.29) is 11.7 Å². The third-order valence-electron chi connectivity index (χ3n) is 4.19. The van der Waals surface area contributed by atoms with Crippen LogP contribution in [0.3, 0.4) is 0 Å². The number of carbonyl (C=O) groups is 1. The minimum atomic E-state index is -0.617. The van der Waals surface area contributed by atoms with Crippen LogP contribution in [0.5, 0.6) is 0 Å². The van der Waals surface area contributed by atoms with E-state index in [9.17, 15) is 9.18 Å². The summed E-state index contributed by atoms with van der Waals surface area (Å²) < 4.78 is 14.0. The third kappa shape index (κ3) is 1.92. The highest BCUT2D eigenvalue weighted by Crippen LogP contribution is 2.42. The van der Waals surface area contributed by atoms with Crippen molar-refractivity contribution in [2.75, 3.05) is 0 Å². The maximum absolute atomic E-state index is 14.0. The maximum atomic E-state index is 14.0. The number of nitrogens with one attached hydrogen (secondary N) is 1. The smallest absolute Gasteiger partial charge is 0.230 e. The van der Waals surface area contributed by atoms with Crippen LogP contribution in [0.1, 0.15) is 44.1 Å². The van der Waals surface area contributed by atoms with Gasteiger partial charge in [-0.3, -0.25) is 4.79 Å². The SMILES string of the molecule is O=C(NC1CC1)C1(c2ccccc2F)CCCC1. The van der Waals surface area contributed by atoms with Gasteiger partial charge in [0.25, 0.3) is 0 Å². The van der Waals surface area contributed by atoms with Crippen LogP contribution in [0, 0.1) is 5.82 Å². The molecule has 0 saturated heterocycles. The molecular formula is C15H18FNO. The Morgan fingerprint density at radius 3 is 2.50 bits per heavy atom. The van der Waals surface area contributed by atoms with Crippen LogP contribution in [-0.4, -0.2) is 11.9 Å². The lowest BCUT2D eigenvalue weighted by molar-refractivity contribution is -0.126. The average molecular weight is 247 g/mol. The summed E-state index contributed by atoms with van der Waals surface area (Å²) in [5, 5.41) is 3.06. The predicted octanol–water partition coefficient (Wildman–Crippen LogP) is 2.92. The van der Waals surface area contributed by atoms with E-state index < -0.39 is 5.41 Å². The summed E-state index contributed by atoms with van der Waals surface area (Å²) in [5.74, 6) is -0.210. The Balaban J connectivity index is 1.95. The van der Waals surface area contributed by atoms with Crippen LogP contribution in [0.15, 0.2) is 24.3 Å². The van der Waals surface area contributed by atoms with Crippen molar-refractivity contribution in [1.82, 2.24) is 5.32 Å². The van der Waals surface area contributed by atoms with E-state index in [0.717, 1.165) is 38.5 Å². The zero-order chi connectivity index (χ0) is 12.6. The fraction of sp³-hybridized carbons (Fsp3) is 0.533. The van der Waals surface area contributed by atoms with E-state index in [1.54, 1.807) is 12.1 Å². The van der Waals surface area contributed by atoms with E-state index in [4.69, 9.17) is 0 Å². The van der Waals surface area contributed by atoms with E-state index in [2.05, 4.69) is 5.32 Å². The molecule has 0 aliphatic heterocycles. The summed E-state index contributed by atoms with van der Waals surface area (Å²) >= 11 is 0. The van der Waals surface area contributed by atoms with Crippen LogP contribution in [0.4, 0.5) is 4.39 Å². The van der Waals surface area contributed by atoms with Crippen molar-refractivity contribution >= 4 is 5.91 Å². The number of hydrogen-bond donors (Lipinski definition) is 1. The van der Waals surface area contributed by atoms with Crippen LogP contribution in [0.2, 0.25) is 0 Å². The lowest BCUT2D eigenvalue weighted by Crippen LogP contribution is -2.44. The van der Waals surface area contributed by atoms with E-state index >= 15 is 0 Å². The van der Waals surface area contributed by atoms with Gasteiger partial charge in [-0.05, 0) is 31.7 Å². The van der Waals surface area contributed by atoms with Gasteiger partial charge in [-0.1, -0.05) is 31.0 Å². The van der Waals surface area contributed by atoms with Crippen molar-refractivity contribution in [2.24, 2.45) is 0 Å². The summed E-state index contributed by atoms with van der Waals surface area (Å²) in [7, 11) is 0. The molecule has 0 unspecified atom stereocenters. The van der Waals surface area contributed by atoms with Gasteiger partial charge in [0.05, 0.1) is 5.41 Å². The summed E-state index contributed by atoms with van der Waals surface area (Å²) in [5.41, 5.74) is -0.0332. The number of halogens is 1. The van der Waals surface area contributed by atoms with Gasteiger partial charge in [0.15, 0.2) is 0 Å². The average Bonchev–Trinajstić information content (AvgIpc) is 3.04. The first-order valence-electron chi connectivity index (χ1n) is 6.78. The first kappa shape index (κ1) is 11.7. The molecule has 0 heterocycles. The van der Waals surface area contributed by atoms with Crippen LogP contribution < -0.4 is 5.32 Å². The van der Waals surface area contributed by atoms with Gasteiger partial charge in [-0.15, -0.1) is 0 Å². The number of hydrogen-bond acceptors (Lipinski definition) is 1. The van der Waals surface area contributed by atoms with E-state index in [0.29, 0.717) is 11.6 Å². The Morgan fingerprint density at radius 2 is 1.89 bits per heavy atom. The van der Waals surface area contributed by atoms with Gasteiger partial charge in [0.2, 0.25) is 5.91 Å². The summed E-state index contributed by atoms with van der Waals surface area (Å²) in [6.45, 7) is 0. The molecule has 2 fully saturated rings. The Kier molecular flexibility index (Phi) is 2.84. The highest BCUT2D eigenvalue weighted by Gasteiger charge is 2.45. The van der Waals surface area contributed by atoms with Crippen molar-refractivity contribution < 1.29 is 9.18 Å². The molecule has 18 heavy (non-hydrogen) atoms. The molecule has 2 nitrogen and oxygen atoms in total. The standard InChI is InChI=1S/C15H18FNO/c16-13-6-2-1-5-12(13)15(9-3-4-10-15)14(18)17-11-7-8-11/h1-2,5-6,11H,3-4,7-10H2,(H,17,18). The zero-order valence-electron chi connectivity index (χ0n) is 10.4. The summed E-state index contributed by atoms with van der Waals surface area (Å²) in [6.07, 6.45) is 5.69. The maximum Gasteiger partial charge on any atom is 0.230 e. The van der Waals surface area contributed by atoms with Gasteiger partial charge in [-0.25, -0.2) is 4.39 Å². The Morgan fingerprint density at radius 1 is 1.22 bits per heavy atom. The minimum Gasteiger partial charge on any atom is -0.353 e. The van der Waals surface area contributed by atoms with Gasteiger partial charge in [0.1, 0.15) is 5.82 Å². The lowest BCUT2D eigenvalue weighted by Gasteiger charge is -2.28. The van der Waals surface area contributed by atoms with Gasteiger partial charge in [0, 0.05) is 11.6 Å². The quantitative estimate of drug-likeness (QED) is 0.874. The fourth-order valence-electron chi connectivity index (χ4n) is 3.00. The largest absolute Gasteiger partial charge is 0.353 e. The molecule has 3 heteroatoms. The number of rotatable bonds is 3. The molecular weight excluding hydrogens is 229 g/mol. The van der Waals surface area contributed by atoms with Crippen molar-refractivity contribution in [3.63, 3.8) is 0 Å². The normalized spacial score (nSPS) is 21.8. The van der Waals surface area contributed by atoms with Crippen LogP contribution >= 0.6 is 0 Å². The Labute approximate surface area is 107 Å². The zero-order valence-corrected chi connectivity index (χ0v) is 10.4. The fourth-order valence-corrected chi connectivity index (χ4v) is 3.00. The number of benzene rings is 1. The molecule has 1 aromatic carbocycles. The molecule has 3 rings (SSSR count). The second-order valence-corrected chi connectivity index (χ2v) is 5.52. The van der Waals surface area contributed by atoms with Crippen LogP contribution in [-0.2, 0) is 10.2 Å². The first-order chi connectivity index (χ1) is 8.72. The highest BCUT2D eigenvalue weighted by atomic mass is 19.1. The Hall–Kier alpha value is -1.38. The third-order valence-corrected chi connectivity index (χ3v) is 4.19. The molecule has 1 aromatic rings. The minimum absolute atomic E-state index is 0.0348. The molecule has 2 aliphatic carbocycles.